The van der Waals surface area contributed by atoms with E-state index in [1.807, 2.05) is 31.3 Å². The molecular formula is C22H29IN4O2. The summed E-state index contributed by atoms with van der Waals surface area (Å²) < 4.78 is 5.11. The van der Waals surface area contributed by atoms with Crippen LogP contribution in [0.2, 0.25) is 0 Å². The highest BCUT2D eigenvalue weighted by Gasteiger charge is 2.35. The third kappa shape index (κ3) is 5.32. The molecule has 29 heavy (non-hydrogen) atoms. The Hall–Kier alpha value is -2.03. The number of nitrogens with zero attached hydrogens (tertiary/aromatic N) is 2. The molecule has 2 aliphatic rings. The van der Waals surface area contributed by atoms with Crippen LogP contribution in [0.25, 0.3) is 0 Å². The van der Waals surface area contributed by atoms with Gasteiger partial charge in [0.1, 0.15) is 0 Å². The average molecular weight is 508 g/mol. The molecule has 0 radical (unpaired) electrons. The van der Waals surface area contributed by atoms with Crippen LogP contribution >= 0.6 is 24.0 Å². The van der Waals surface area contributed by atoms with Crippen molar-refractivity contribution in [3.05, 3.63) is 54.0 Å². The van der Waals surface area contributed by atoms with Gasteiger partial charge in [-0.2, -0.15) is 0 Å². The monoisotopic (exact) mass is 508 g/mol. The molecule has 1 aromatic carbocycles. The van der Waals surface area contributed by atoms with Crippen LogP contribution in [0.5, 0.6) is 0 Å². The van der Waals surface area contributed by atoms with Crippen molar-refractivity contribution in [3.8, 4) is 0 Å². The van der Waals surface area contributed by atoms with E-state index in [0.29, 0.717) is 12.3 Å². The molecule has 0 spiro atoms. The molecule has 2 heterocycles. The second kappa shape index (κ2) is 10.1. The van der Waals surface area contributed by atoms with Crippen molar-refractivity contribution < 1.29 is 9.21 Å². The minimum absolute atomic E-state index is 0. The number of carbonyl (C=O) groups is 1. The topological polar surface area (TPSA) is 69.9 Å². The number of carbonyl (C=O) groups excluding carboxylic acids is 1. The molecule has 1 aromatic heterocycles. The third-order valence-corrected chi connectivity index (χ3v) is 5.90. The molecule has 0 bridgehead atoms. The van der Waals surface area contributed by atoms with Gasteiger partial charge in [0.15, 0.2) is 11.7 Å². The minimum Gasteiger partial charge on any atom is -0.459 e. The molecule has 1 amide bonds. The molecule has 1 saturated heterocycles. The highest BCUT2D eigenvalue weighted by Crippen LogP contribution is 2.35. The third-order valence-electron chi connectivity index (χ3n) is 5.90. The van der Waals surface area contributed by atoms with E-state index < -0.39 is 0 Å². The predicted octanol–water partition coefficient (Wildman–Crippen LogP) is 4.35. The van der Waals surface area contributed by atoms with Gasteiger partial charge in [-0.3, -0.25) is 9.79 Å². The first-order valence-corrected chi connectivity index (χ1v) is 10.1. The fourth-order valence-corrected chi connectivity index (χ4v) is 4.40. The van der Waals surface area contributed by atoms with Gasteiger partial charge < -0.3 is 20.0 Å². The van der Waals surface area contributed by atoms with Crippen molar-refractivity contribution in [2.45, 2.75) is 32.2 Å². The number of hydrogen-bond donors (Lipinski definition) is 2. The van der Waals surface area contributed by atoms with Gasteiger partial charge in [-0.1, -0.05) is 25.0 Å². The number of fused-ring (bicyclic) bond motifs is 1. The Balaban J connectivity index is 0.00000240. The molecule has 2 atom stereocenters. The number of rotatable bonds is 4. The zero-order chi connectivity index (χ0) is 19.3. The van der Waals surface area contributed by atoms with Crippen molar-refractivity contribution in [2.24, 2.45) is 16.8 Å². The number of hydrogen-bond acceptors (Lipinski definition) is 3. The molecule has 2 N–H and O–H groups in total. The number of benzene rings is 1. The van der Waals surface area contributed by atoms with Crippen LogP contribution < -0.4 is 10.6 Å². The van der Waals surface area contributed by atoms with Gasteiger partial charge in [0.25, 0.3) is 5.91 Å². The number of guanidine groups is 1. The van der Waals surface area contributed by atoms with E-state index in [1.165, 1.54) is 31.9 Å². The molecule has 2 aromatic rings. The lowest BCUT2D eigenvalue weighted by Crippen LogP contribution is -2.39. The number of halogens is 1. The van der Waals surface area contributed by atoms with Gasteiger partial charge in [-0.15, -0.1) is 24.0 Å². The zero-order valence-electron chi connectivity index (χ0n) is 16.8. The van der Waals surface area contributed by atoms with Crippen LogP contribution in [0.3, 0.4) is 0 Å². The number of likely N-dealkylation sites (tertiary alicyclic amines) is 1. The van der Waals surface area contributed by atoms with Gasteiger partial charge in [-0.25, -0.2) is 0 Å². The average Bonchev–Trinajstić information content (AvgIpc) is 3.39. The van der Waals surface area contributed by atoms with Crippen molar-refractivity contribution >= 4 is 41.5 Å². The van der Waals surface area contributed by atoms with Gasteiger partial charge in [0, 0.05) is 32.4 Å². The Morgan fingerprint density at radius 2 is 1.83 bits per heavy atom. The first-order chi connectivity index (χ1) is 13.7. The van der Waals surface area contributed by atoms with Crippen molar-refractivity contribution in [2.75, 3.05) is 25.5 Å². The molecule has 156 valence electrons. The molecule has 1 aliphatic heterocycles. The molecule has 2 fully saturated rings. The Bertz CT molecular complexity index is 806. The molecule has 4 rings (SSSR count). The molecule has 2 unspecified atom stereocenters. The van der Waals surface area contributed by atoms with Crippen molar-refractivity contribution in [1.29, 1.82) is 0 Å². The SMILES string of the molecule is CN=C(NCc1ccc(NC(=O)c2ccco2)cc1)N1CC2CCCCC2C1.I. The standard InChI is InChI=1S/C22H28N4O2.HI/c1-23-22(26-14-17-5-2-3-6-18(17)15-26)24-13-16-8-10-19(11-9-16)25-21(27)20-7-4-12-28-20;/h4,7-12,17-18H,2-3,5-6,13-15H2,1H3,(H,23,24)(H,25,27);1H. The highest BCUT2D eigenvalue weighted by atomic mass is 127. The van der Waals surface area contributed by atoms with Crippen LogP contribution in [0.15, 0.2) is 52.1 Å². The fraction of sp³-hybridized carbons (Fsp3) is 0.455. The molecule has 7 heteroatoms. The molecule has 1 saturated carbocycles. The summed E-state index contributed by atoms with van der Waals surface area (Å²) in [6.45, 7) is 2.97. The number of amides is 1. The summed E-state index contributed by atoms with van der Waals surface area (Å²) in [5, 5.41) is 6.33. The van der Waals surface area contributed by atoms with Crippen molar-refractivity contribution in [1.82, 2.24) is 10.2 Å². The lowest BCUT2D eigenvalue weighted by Gasteiger charge is -2.22. The van der Waals surface area contributed by atoms with Crippen LogP contribution in [-0.2, 0) is 6.54 Å². The summed E-state index contributed by atoms with van der Waals surface area (Å²) in [4.78, 5) is 18.9. The quantitative estimate of drug-likeness (QED) is 0.366. The lowest BCUT2D eigenvalue weighted by molar-refractivity contribution is 0.0996. The first kappa shape index (κ1) is 21.7. The molecule has 1 aliphatic carbocycles. The largest absolute Gasteiger partial charge is 0.459 e. The highest BCUT2D eigenvalue weighted by molar-refractivity contribution is 14.0. The smallest absolute Gasteiger partial charge is 0.291 e. The van der Waals surface area contributed by atoms with Crippen molar-refractivity contribution in [3.63, 3.8) is 0 Å². The van der Waals surface area contributed by atoms with E-state index in [0.717, 1.165) is 42.1 Å². The number of nitrogens with one attached hydrogen (secondary N) is 2. The summed E-state index contributed by atoms with van der Waals surface area (Å²) >= 11 is 0. The van der Waals surface area contributed by atoms with E-state index >= 15 is 0 Å². The van der Waals surface area contributed by atoms with E-state index in [2.05, 4.69) is 20.5 Å². The van der Waals surface area contributed by atoms with E-state index in [1.54, 1.807) is 12.1 Å². The van der Waals surface area contributed by atoms with Gasteiger partial charge >= 0.3 is 0 Å². The van der Waals surface area contributed by atoms with E-state index in [9.17, 15) is 4.79 Å². The van der Waals surface area contributed by atoms with Gasteiger partial charge in [0.2, 0.25) is 0 Å². The Labute approximate surface area is 189 Å². The van der Waals surface area contributed by atoms with Crippen LogP contribution in [-0.4, -0.2) is 36.9 Å². The summed E-state index contributed by atoms with van der Waals surface area (Å²) in [6, 6.07) is 11.2. The summed E-state index contributed by atoms with van der Waals surface area (Å²) in [5.74, 6) is 2.73. The summed E-state index contributed by atoms with van der Waals surface area (Å²) in [5.41, 5.74) is 1.90. The lowest BCUT2D eigenvalue weighted by atomic mass is 9.82. The maximum absolute atomic E-state index is 12.0. The first-order valence-electron chi connectivity index (χ1n) is 10.1. The number of anilines is 1. The van der Waals surface area contributed by atoms with E-state index in [-0.39, 0.29) is 29.9 Å². The zero-order valence-corrected chi connectivity index (χ0v) is 19.1. The predicted molar refractivity (Wildman–Crippen MR) is 126 cm³/mol. The van der Waals surface area contributed by atoms with E-state index in [4.69, 9.17) is 4.42 Å². The molecular weight excluding hydrogens is 479 g/mol. The van der Waals surface area contributed by atoms with Crippen LogP contribution in [0.4, 0.5) is 5.69 Å². The summed E-state index contributed by atoms with van der Waals surface area (Å²) in [6.07, 6.45) is 6.98. The second-order valence-electron chi connectivity index (χ2n) is 7.74. The second-order valence-corrected chi connectivity index (χ2v) is 7.74. The van der Waals surface area contributed by atoms with Gasteiger partial charge in [-0.05, 0) is 54.5 Å². The number of aliphatic imine (C=N–C) groups is 1. The fourth-order valence-electron chi connectivity index (χ4n) is 4.40. The summed E-state index contributed by atoms with van der Waals surface area (Å²) in [7, 11) is 1.86. The molecule has 6 nitrogen and oxygen atoms in total. The maximum Gasteiger partial charge on any atom is 0.291 e. The Morgan fingerprint density at radius 1 is 1.14 bits per heavy atom. The van der Waals surface area contributed by atoms with Crippen LogP contribution in [0, 0.1) is 11.8 Å². The minimum atomic E-state index is -0.244. The normalized spacial score (nSPS) is 21.3. The van der Waals surface area contributed by atoms with Crippen LogP contribution in [0.1, 0.15) is 41.8 Å². The maximum atomic E-state index is 12.0. The Morgan fingerprint density at radius 3 is 2.41 bits per heavy atom. The Kier molecular flexibility index (Phi) is 7.57. The number of furan rings is 1. The van der Waals surface area contributed by atoms with Gasteiger partial charge in [0.05, 0.1) is 6.26 Å².